The van der Waals surface area contributed by atoms with Crippen LogP contribution >= 0.6 is 0 Å². The average molecular weight is 244 g/mol. The first-order valence-electron chi connectivity index (χ1n) is 6.14. The molecule has 0 atom stereocenters. The van der Waals surface area contributed by atoms with Crippen molar-refractivity contribution in [3.8, 4) is 0 Å². The van der Waals surface area contributed by atoms with E-state index in [0.29, 0.717) is 19.6 Å². The third-order valence-electron chi connectivity index (χ3n) is 2.86. The molecular formula is C12H24N2O3. The van der Waals surface area contributed by atoms with Gasteiger partial charge >= 0.3 is 0 Å². The van der Waals surface area contributed by atoms with Gasteiger partial charge in [0.2, 0.25) is 5.91 Å². The Morgan fingerprint density at radius 1 is 1.29 bits per heavy atom. The van der Waals surface area contributed by atoms with Gasteiger partial charge in [-0.2, -0.15) is 0 Å². The second-order valence-electron chi connectivity index (χ2n) is 5.21. The standard InChI is InChI=1S/C12H24N2O3/c1-12(2,16)10-13-5-7-14(8-6-13)11(15)4-9-17-3/h16H,4-10H2,1-3H3. The number of rotatable bonds is 5. The van der Waals surface area contributed by atoms with Crippen LogP contribution in [-0.2, 0) is 9.53 Å². The highest BCUT2D eigenvalue weighted by Crippen LogP contribution is 2.09. The van der Waals surface area contributed by atoms with Gasteiger partial charge in [0.1, 0.15) is 0 Å². The molecule has 1 heterocycles. The molecule has 1 rings (SSSR count). The minimum Gasteiger partial charge on any atom is -0.389 e. The number of β-amino-alcohol motifs (C(OH)–C–C–N with tert-alkyl or cyclic N) is 1. The first-order valence-corrected chi connectivity index (χ1v) is 6.14. The summed E-state index contributed by atoms with van der Waals surface area (Å²) in [5.74, 6) is 0.162. The smallest absolute Gasteiger partial charge is 0.224 e. The molecule has 1 saturated heterocycles. The van der Waals surface area contributed by atoms with E-state index in [0.717, 1.165) is 26.2 Å². The molecule has 0 aromatic carbocycles. The maximum Gasteiger partial charge on any atom is 0.224 e. The van der Waals surface area contributed by atoms with Gasteiger partial charge in [0.05, 0.1) is 18.6 Å². The van der Waals surface area contributed by atoms with Crippen LogP contribution in [-0.4, -0.2) is 72.9 Å². The van der Waals surface area contributed by atoms with Crippen LogP contribution in [0.3, 0.4) is 0 Å². The Bertz CT molecular complexity index is 243. The lowest BCUT2D eigenvalue weighted by molar-refractivity contribution is -0.134. The number of hydrogen-bond acceptors (Lipinski definition) is 4. The number of nitrogens with zero attached hydrogens (tertiary/aromatic N) is 2. The summed E-state index contributed by atoms with van der Waals surface area (Å²) in [7, 11) is 1.61. The van der Waals surface area contributed by atoms with E-state index >= 15 is 0 Å². The highest BCUT2D eigenvalue weighted by atomic mass is 16.5. The lowest BCUT2D eigenvalue weighted by Crippen LogP contribution is -2.52. The molecule has 5 heteroatoms. The van der Waals surface area contributed by atoms with Crippen LogP contribution in [0.2, 0.25) is 0 Å². The van der Waals surface area contributed by atoms with Crippen molar-refractivity contribution in [1.29, 1.82) is 0 Å². The normalized spacial score (nSPS) is 18.5. The fourth-order valence-corrected chi connectivity index (χ4v) is 2.05. The number of methoxy groups -OCH3 is 1. The van der Waals surface area contributed by atoms with Gasteiger partial charge in [-0.3, -0.25) is 9.69 Å². The molecule has 1 aliphatic rings. The summed E-state index contributed by atoms with van der Waals surface area (Å²) in [4.78, 5) is 15.8. The van der Waals surface area contributed by atoms with Gasteiger partial charge < -0.3 is 14.7 Å². The summed E-state index contributed by atoms with van der Waals surface area (Å²) in [5, 5.41) is 9.72. The van der Waals surface area contributed by atoms with Crippen LogP contribution in [0.25, 0.3) is 0 Å². The van der Waals surface area contributed by atoms with Gasteiger partial charge in [0, 0.05) is 39.8 Å². The van der Waals surface area contributed by atoms with Crippen molar-refractivity contribution in [3.63, 3.8) is 0 Å². The highest BCUT2D eigenvalue weighted by Gasteiger charge is 2.24. The molecule has 0 spiro atoms. The summed E-state index contributed by atoms with van der Waals surface area (Å²) in [6, 6.07) is 0. The molecule has 0 aliphatic carbocycles. The quantitative estimate of drug-likeness (QED) is 0.736. The topological polar surface area (TPSA) is 53.0 Å². The summed E-state index contributed by atoms with van der Waals surface area (Å²) in [5.41, 5.74) is -0.664. The number of aliphatic hydroxyl groups is 1. The number of hydrogen-bond donors (Lipinski definition) is 1. The van der Waals surface area contributed by atoms with E-state index in [1.807, 2.05) is 18.7 Å². The molecule has 1 aliphatic heterocycles. The van der Waals surface area contributed by atoms with Crippen LogP contribution < -0.4 is 0 Å². The van der Waals surface area contributed by atoms with Crippen LogP contribution in [0.5, 0.6) is 0 Å². The Morgan fingerprint density at radius 3 is 2.35 bits per heavy atom. The van der Waals surface area contributed by atoms with E-state index < -0.39 is 5.60 Å². The van der Waals surface area contributed by atoms with Crippen molar-refractivity contribution in [2.45, 2.75) is 25.9 Å². The Morgan fingerprint density at radius 2 is 1.88 bits per heavy atom. The van der Waals surface area contributed by atoms with Gasteiger partial charge in [-0.25, -0.2) is 0 Å². The fourth-order valence-electron chi connectivity index (χ4n) is 2.05. The molecule has 1 N–H and O–H groups in total. The van der Waals surface area contributed by atoms with Crippen molar-refractivity contribution < 1.29 is 14.6 Å². The number of carbonyl (C=O) groups excluding carboxylic acids is 1. The zero-order valence-corrected chi connectivity index (χ0v) is 11.1. The molecule has 100 valence electrons. The molecule has 1 amide bonds. The SMILES string of the molecule is COCCC(=O)N1CCN(CC(C)(C)O)CC1. The van der Waals surface area contributed by atoms with Crippen LogP contribution in [0.1, 0.15) is 20.3 Å². The van der Waals surface area contributed by atoms with Gasteiger partial charge in [0.15, 0.2) is 0 Å². The molecule has 1 fully saturated rings. The van der Waals surface area contributed by atoms with E-state index in [1.165, 1.54) is 0 Å². The third kappa shape index (κ3) is 5.48. The minimum absolute atomic E-state index is 0.162. The zero-order valence-electron chi connectivity index (χ0n) is 11.1. The summed E-state index contributed by atoms with van der Waals surface area (Å²) < 4.78 is 4.90. The zero-order chi connectivity index (χ0) is 12.9. The Hall–Kier alpha value is -0.650. The van der Waals surface area contributed by atoms with Crippen molar-refractivity contribution in [2.24, 2.45) is 0 Å². The monoisotopic (exact) mass is 244 g/mol. The second-order valence-corrected chi connectivity index (χ2v) is 5.21. The van der Waals surface area contributed by atoms with E-state index in [-0.39, 0.29) is 5.91 Å². The van der Waals surface area contributed by atoms with Crippen LogP contribution in [0.4, 0.5) is 0 Å². The third-order valence-corrected chi connectivity index (χ3v) is 2.86. The molecule has 0 unspecified atom stereocenters. The van der Waals surface area contributed by atoms with Gasteiger partial charge in [-0.1, -0.05) is 0 Å². The van der Waals surface area contributed by atoms with E-state index in [2.05, 4.69) is 4.90 Å². The van der Waals surface area contributed by atoms with Gasteiger partial charge in [0.25, 0.3) is 0 Å². The predicted octanol–water partition coefficient (Wildman–Crippen LogP) is -0.0620. The van der Waals surface area contributed by atoms with E-state index in [9.17, 15) is 9.90 Å². The van der Waals surface area contributed by atoms with Crippen molar-refractivity contribution in [2.75, 3.05) is 46.4 Å². The summed E-state index contributed by atoms with van der Waals surface area (Å²) in [6.07, 6.45) is 0.460. The largest absolute Gasteiger partial charge is 0.389 e. The molecular weight excluding hydrogens is 220 g/mol. The lowest BCUT2D eigenvalue weighted by Gasteiger charge is -2.37. The molecule has 0 aromatic rings. The van der Waals surface area contributed by atoms with Gasteiger partial charge in [-0.05, 0) is 13.8 Å². The second kappa shape index (κ2) is 6.33. The lowest BCUT2D eigenvalue weighted by atomic mass is 10.1. The van der Waals surface area contributed by atoms with Crippen LogP contribution in [0.15, 0.2) is 0 Å². The molecule has 0 saturated carbocycles. The average Bonchev–Trinajstić information content (AvgIpc) is 2.24. The molecule has 0 bridgehead atoms. The fraction of sp³-hybridized carbons (Fsp3) is 0.917. The van der Waals surface area contributed by atoms with Crippen molar-refractivity contribution >= 4 is 5.91 Å². The van der Waals surface area contributed by atoms with E-state index in [4.69, 9.17) is 4.74 Å². The number of amides is 1. The summed E-state index contributed by atoms with van der Waals surface area (Å²) >= 11 is 0. The van der Waals surface area contributed by atoms with Crippen LogP contribution in [0, 0.1) is 0 Å². The van der Waals surface area contributed by atoms with Crippen molar-refractivity contribution in [1.82, 2.24) is 9.80 Å². The van der Waals surface area contributed by atoms with Gasteiger partial charge in [-0.15, -0.1) is 0 Å². The maximum atomic E-state index is 11.7. The number of carbonyl (C=O) groups is 1. The van der Waals surface area contributed by atoms with E-state index in [1.54, 1.807) is 7.11 Å². The highest BCUT2D eigenvalue weighted by molar-refractivity contribution is 5.76. The predicted molar refractivity (Wildman–Crippen MR) is 65.8 cm³/mol. The summed E-state index contributed by atoms with van der Waals surface area (Å²) in [6.45, 7) is 7.94. The first kappa shape index (κ1) is 14.4. The Labute approximate surface area is 103 Å². The molecule has 0 radical (unpaired) electrons. The molecule has 0 aromatic heterocycles. The van der Waals surface area contributed by atoms with Crippen molar-refractivity contribution in [3.05, 3.63) is 0 Å². The Balaban J connectivity index is 2.28. The molecule has 17 heavy (non-hydrogen) atoms. The number of piperazine rings is 1. The maximum absolute atomic E-state index is 11.7. The first-order chi connectivity index (χ1) is 7.92. The Kier molecular flexibility index (Phi) is 5.36. The minimum atomic E-state index is -0.664. The molecule has 5 nitrogen and oxygen atoms in total. The number of ether oxygens (including phenoxy) is 1.